The van der Waals surface area contributed by atoms with Crippen molar-refractivity contribution in [2.75, 3.05) is 7.05 Å². The van der Waals surface area contributed by atoms with E-state index in [1.165, 1.54) is 31.3 Å². The van der Waals surface area contributed by atoms with Gasteiger partial charge in [0.1, 0.15) is 23.2 Å². The first-order valence-corrected chi connectivity index (χ1v) is 14.1. The van der Waals surface area contributed by atoms with E-state index in [1.54, 1.807) is 0 Å². The zero-order valence-corrected chi connectivity index (χ0v) is 25.4. The molecule has 0 unspecified atom stereocenters. The van der Waals surface area contributed by atoms with Gasteiger partial charge in [-0.3, -0.25) is 9.59 Å². The number of ether oxygens (including phenoxy) is 1. The standard InChI is InChI=1S/C33H21F13N2O3/c1-47-27(49)17-4-2-16(3-5-17)15-30(19-7-9-26(36)24(13-19)32(42,43)44,20-11-21(34)14-22(12-20)51-33(45,46)29(37)38)48-28(50)18-6-8-25(35)23(10-18)31(39,40)41/h2-14,29H,15H2,1H3,(H,47,49)(H,48,50)/t30-/m1/s1. The molecule has 18 heteroatoms. The molecule has 0 heterocycles. The Balaban J connectivity index is 2.07. The van der Waals surface area contributed by atoms with Crippen LogP contribution in [0.4, 0.5) is 57.1 Å². The van der Waals surface area contributed by atoms with Gasteiger partial charge in [0.05, 0.1) is 16.7 Å². The Morgan fingerprint density at radius 3 is 1.76 bits per heavy atom. The van der Waals surface area contributed by atoms with Crippen LogP contribution in [-0.4, -0.2) is 31.4 Å². The molecule has 2 amide bonds. The molecule has 4 aromatic carbocycles. The third-order valence-electron chi connectivity index (χ3n) is 7.41. The van der Waals surface area contributed by atoms with Crippen LogP contribution in [0.2, 0.25) is 0 Å². The van der Waals surface area contributed by atoms with Crippen LogP contribution < -0.4 is 15.4 Å². The van der Waals surface area contributed by atoms with Crippen molar-refractivity contribution in [2.24, 2.45) is 0 Å². The van der Waals surface area contributed by atoms with E-state index in [2.05, 4.69) is 15.4 Å². The van der Waals surface area contributed by atoms with Crippen LogP contribution in [0.5, 0.6) is 5.75 Å². The third-order valence-corrected chi connectivity index (χ3v) is 7.41. The maximum Gasteiger partial charge on any atom is 0.461 e. The van der Waals surface area contributed by atoms with E-state index in [0.717, 1.165) is 0 Å². The molecule has 272 valence electrons. The predicted octanol–water partition coefficient (Wildman–Crippen LogP) is 8.65. The minimum atomic E-state index is -5.43. The summed E-state index contributed by atoms with van der Waals surface area (Å²) in [7, 11) is 1.28. The highest BCUT2D eigenvalue weighted by atomic mass is 19.4. The number of alkyl halides is 10. The van der Waals surface area contributed by atoms with E-state index >= 15 is 4.39 Å². The van der Waals surface area contributed by atoms with Crippen molar-refractivity contribution in [1.82, 2.24) is 10.6 Å². The molecular formula is C33H21F13N2O3. The van der Waals surface area contributed by atoms with Crippen LogP contribution in [0.1, 0.15) is 48.5 Å². The first-order valence-electron chi connectivity index (χ1n) is 14.1. The smallest absolute Gasteiger partial charge is 0.428 e. The fraction of sp³-hybridized carbons (Fsp3) is 0.212. The van der Waals surface area contributed by atoms with Crippen LogP contribution in [0.25, 0.3) is 0 Å². The van der Waals surface area contributed by atoms with Gasteiger partial charge >= 0.3 is 24.9 Å². The molecule has 0 saturated heterocycles. The Hall–Kier alpha value is -5.29. The first kappa shape index (κ1) is 38.5. The predicted molar refractivity (Wildman–Crippen MR) is 153 cm³/mol. The summed E-state index contributed by atoms with van der Waals surface area (Å²) in [5.41, 5.74) is -9.20. The summed E-state index contributed by atoms with van der Waals surface area (Å²) in [5, 5.41) is 4.47. The van der Waals surface area contributed by atoms with E-state index in [1.807, 2.05) is 0 Å². The first-order chi connectivity index (χ1) is 23.6. The van der Waals surface area contributed by atoms with Crippen molar-refractivity contribution < 1.29 is 71.4 Å². The number of benzene rings is 4. The number of halogens is 13. The summed E-state index contributed by atoms with van der Waals surface area (Å²) in [4.78, 5) is 25.8. The molecule has 1 atom stereocenters. The second-order valence-electron chi connectivity index (χ2n) is 10.8. The molecule has 0 aliphatic carbocycles. The molecule has 0 aliphatic heterocycles. The number of rotatable bonds is 10. The van der Waals surface area contributed by atoms with Gasteiger partial charge in [0, 0.05) is 30.7 Å². The van der Waals surface area contributed by atoms with Crippen molar-refractivity contribution in [3.05, 3.63) is 135 Å². The summed E-state index contributed by atoms with van der Waals surface area (Å²) in [6.45, 7) is 0. The maximum absolute atomic E-state index is 15.1. The number of hydrogen-bond donors (Lipinski definition) is 2. The normalized spacial score (nSPS) is 13.5. The summed E-state index contributed by atoms with van der Waals surface area (Å²) in [6, 6.07) is 7.71. The Kier molecular flexibility index (Phi) is 10.7. The SMILES string of the molecule is CNC(=O)c1ccc(C[C@](NC(=O)c2ccc(F)c(C(F)(F)F)c2)(c2cc(F)cc(OC(F)(F)C(F)F)c2)c2ccc(F)c(C(F)(F)F)c2)cc1. The van der Waals surface area contributed by atoms with Gasteiger partial charge in [0.15, 0.2) is 0 Å². The monoisotopic (exact) mass is 740 g/mol. The highest BCUT2D eigenvalue weighted by molar-refractivity contribution is 5.95. The Morgan fingerprint density at radius 2 is 1.22 bits per heavy atom. The van der Waals surface area contributed by atoms with Gasteiger partial charge in [-0.15, -0.1) is 0 Å². The second-order valence-corrected chi connectivity index (χ2v) is 10.8. The number of hydrogen-bond acceptors (Lipinski definition) is 3. The topological polar surface area (TPSA) is 67.4 Å². The van der Waals surface area contributed by atoms with Gasteiger partial charge in [-0.1, -0.05) is 18.2 Å². The average molecular weight is 741 g/mol. The van der Waals surface area contributed by atoms with Gasteiger partial charge in [0.2, 0.25) is 0 Å². The lowest BCUT2D eigenvalue weighted by molar-refractivity contribution is -0.253. The fourth-order valence-electron chi connectivity index (χ4n) is 5.01. The molecule has 0 saturated carbocycles. The van der Waals surface area contributed by atoms with Gasteiger partial charge in [-0.05, 0) is 71.3 Å². The highest BCUT2D eigenvalue weighted by Gasteiger charge is 2.46. The summed E-state index contributed by atoms with van der Waals surface area (Å²) in [5.74, 6) is -8.76. The van der Waals surface area contributed by atoms with Gasteiger partial charge in [-0.2, -0.15) is 43.9 Å². The number of carbonyl (C=O) groups excluding carboxylic acids is 2. The molecule has 0 radical (unpaired) electrons. The van der Waals surface area contributed by atoms with Gasteiger partial charge in [-0.25, -0.2) is 13.2 Å². The molecule has 0 fully saturated rings. The van der Waals surface area contributed by atoms with Crippen molar-refractivity contribution in [2.45, 2.75) is 36.8 Å². The largest absolute Gasteiger partial charge is 0.461 e. The second kappa shape index (κ2) is 14.1. The molecule has 5 nitrogen and oxygen atoms in total. The molecule has 51 heavy (non-hydrogen) atoms. The molecule has 0 aliphatic rings. The lowest BCUT2D eigenvalue weighted by atomic mass is 9.76. The van der Waals surface area contributed by atoms with Crippen LogP contribution >= 0.6 is 0 Å². The lowest BCUT2D eigenvalue weighted by Crippen LogP contribution is -2.49. The van der Waals surface area contributed by atoms with Crippen molar-refractivity contribution >= 4 is 11.8 Å². The van der Waals surface area contributed by atoms with E-state index in [0.29, 0.717) is 24.3 Å². The quantitative estimate of drug-likeness (QED) is 0.160. The van der Waals surface area contributed by atoms with Crippen molar-refractivity contribution in [1.29, 1.82) is 0 Å². The number of carbonyl (C=O) groups is 2. The molecule has 2 N–H and O–H groups in total. The Labute approximate surface area is 279 Å². The van der Waals surface area contributed by atoms with Crippen LogP contribution in [0.3, 0.4) is 0 Å². The molecule has 4 rings (SSSR count). The van der Waals surface area contributed by atoms with E-state index in [4.69, 9.17) is 0 Å². The molecule has 0 bridgehead atoms. The van der Waals surface area contributed by atoms with Crippen molar-refractivity contribution in [3.8, 4) is 5.75 Å². The lowest BCUT2D eigenvalue weighted by Gasteiger charge is -2.37. The van der Waals surface area contributed by atoms with E-state index in [-0.39, 0.29) is 41.5 Å². The van der Waals surface area contributed by atoms with Gasteiger partial charge in [0.25, 0.3) is 11.8 Å². The Morgan fingerprint density at radius 1 is 0.667 bits per heavy atom. The average Bonchev–Trinajstić information content (AvgIpc) is 3.03. The van der Waals surface area contributed by atoms with Crippen LogP contribution in [0.15, 0.2) is 78.9 Å². The number of amides is 2. The van der Waals surface area contributed by atoms with E-state index in [9.17, 15) is 62.3 Å². The maximum atomic E-state index is 15.1. The molecular weight excluding hydrogens is 719 g/mol. The fourth-order valence-corrected chi connectivity index (χ4v) is 5.01. The van der Waals surface area contributed by atoms with E-state index < -0.39 is 99.7 Å². The minimum Gasteiger partial charge on any atom is -0.428 e. The zero-order valence-electron chi connectivity index (χ0n) is 25.4. The van der Waals surface area contributed by atoms with Crippen molar-refractivity contribution in [3.63, 3.8) is 0 Å². The summed E-state index contributed by atoms with van der Waals surface area (Å²) in [6.07, 6.45) is -21.4. The van der Waals surface area contributed by atoms with Gasteiger partial charge < -0.3 is 15.4 Å². The van der Waals surface area contributed by atoms with Crippen LogP contribution in [-0.2, 0) is 24.3 Å². The summed E-state index contributed by atoms with van der Waals surface area (Å²) >= 11 is 0. The zero-order chi connectivity index (χ0) is 38.1. The Bertz CT molecular complexity index is 1930. The highest BCUT2D eigenvalue weighted by Crippen LogP contribution is 2.41. The molecule has 0 aromatic heterocycles. The summed E-state index contributed by atoms with van der Waals surface area (Å²) < 4.78 is 184. The molecule has 4 aromatic rings. The molecule has 0 spiro atoms. The number of nitrogens with one attached hydrogen (secondary N) is 2. The third kappa shape index (κ3) is 8.54. The van der Waals surface area contributed by atoms with Crippen LogP contribution in [0, 0.1) is 17.5 Å². The minimum absolute atomic E-state index is 0.0266.